The fourth-order valence-corrected chi connectivity index (χ4v) is 5.54. The number of amides is 2. The van der Waals surface area contributed by atoms with Crippen molar-refractivity contribution in [1.82, 2.24) is 10.6 Å². The molecule has 0 saturated heterocycles. The van der Waals surface area contributed by atoms with Gasteiger partial charge >= 0.3 is 5.97 Å². The summed E-state index contributed by atoms with van der Waals surface area (Å²) in [6.45, 7) is 21.6. The molecule has 0 heterocycles. The van der Waals surface area contributed by atoms with Crippen LogP contribution in [0.3, 0.4) is 0 Å². The molecule has 0 bridgehead atoms. The van der Waals surface area contributed by atoms with E-state index < -0.39 is 15.9 Å². The monoisotopic (exact) mass is 713 g/mol. The van der Waals surface area contributed by atoms with Crippen molar-refractivity contribution in [3.63, 3.8) is 0 Å². The number of carbonyl (C=O) groups is 3. The van der Waals surface area contributed by atoms with Crippen LogP contribution in [0.5, 0.6) is 0 Å². The van der Waals surface area contributed by atoms with Crippen molar-refractivity contribution in [2.45, 2.75) is 193 Å². The quantitative estimate of drug-likeness (QED) is 0.0313. The summed E-state index contributed by atoms with van der Waals surface area (Å²) in [7, 11) is 2.04. The highest BCUT2D eigenvalue weighted by atomic mass is 32.1. The molecule has 2 unspecified atom stereocenters. The molecule has 0 fully saturated rings. The Morgan fingerprint density at radius 3 is 1.63 bits per heavy atom. The minimum atomic E-state index is -0.695. The van der Waals surface area contributed by atoms with Gasteiger partial charge in [-0.15, -0.1) is 0 Å². The van der Waals surface area contributed by atoms with E-state index in [1.54, 1.807) is 0 Å². The Kier molecular flexibility index (Phi) is 23.5. The summed E-state index contributed by atoms with van der Waals surface area (Å²) < 4.78 is 17.0. The van der Waals surface area contributed by atoms with Crippen LogP contribution in [0.25, 0.3) is 0 Å². The molecule has 0 saturated carbocycles. The maximum Gasteiger partial charge on any atom is 0.306 e. The Morgan fingerprint density at radius 2 is 1.12 bits per heavy atom. The molecular weight excluding hydrogens is 635 g/mol. The van der Waals surface area contributed by atoms with Crippen molar-refractivity contribution in [3.05, 3.63) is 0 Å². The second-order valence-corrected chi connectivity index (χ2v) is 18.9. The van der Waals surface area contributed by atoms with Crippen molar-refractivity contribution >= 4 is 38.3 Å². The van der Waals surface area contributed by atoms with Crippen LogP contribution in [0.2, 0.25) is 5.31 Å². The first-order valence-corrected chi connectivity index (χ1v) is 19.7. The lowest BCUT2D eigenvalue weighted by molar-refractivity contribution is -0.158. The Labute approximate surface area is 308 Å². The normalized spacial score (nSPS) is 14.9. The average molecular weight is 713 g/mol. The predicted molar refractivity (Wildman–Crippen MR) is 210 cm³/mol. The molecule has 0 spiro atoms. The average Bonchev–Trinajstić information content (AvgIpc) is 2.95. The van der Waals surface area contributed by atoms with E-state index in [4.69, 9.17) is 26.8 Å². The van der Waals surface area contributed by atoms with E-state index in [2.05, 4.69) is 17.6 Å². The number of esters is 1. The first-order chi connectivity index (χ1) is 22.6. The number of nitrogens with one attached hydrogen (secondary N) is 2. The fourth-order valence-electron chi connectivity index (χ4n) is 5.39. The van der Waals surface area contributed by atoms with Crippen molar-refractivity contribution < 1.29 is 28.6 Å². The molecule has 288 valence electrons. The highest BCUT2D eigenvalue weighted by molar-refractivity contribution is 7.81. The topological polar surface area (TPSA) is 103 Å². The van der Waals surface area contributed by atoms with Gasteiger partial charge in [0.05, 0.1) is 36.4 Å². The third kappa shape index (κ3) is 30.1. The lowest BCUT2D eigenvalue weighted by Gasteiger charge is -2.32. The Balaban J connectivity index is 4.21. The van der Waals surface area contributed by atoms with Gasteiger partial charge in [-0.25, -0.2) is 0 Å². The van der Waals surface area contributed by atoms with Crippen LogP contribution >= 0.6 is 12.6 Å². The fraction of sp³-hybridized carbons (Fsp3) is 0.923. The number of carbonyl (C=O) groups excluding carboxylic acids is 3. The van der Waals surface area contributed by atoms with Gasteiger partial charge in [0, 0.05) is 26.1 Å². The summed E-state index contributed by atoms with van der Waals surface area (Å²) in [5, 5.41) is 5.74. The Bertz CT molecular complexity index is 933. The number of ether oxygens (including phenoxy) is 3. The Morgan fingerprint density at radius 1 is 0.633 bits per heavy atom. The highest BCUT2D eigenvalue weighted by Crippen LogP contribution is 2.26. The van der Waals surface area contributed by atoms with Gasteiger partial charge in [-0.05, 0) is 58.7 Å². The van der Waals surface area contributed by atoms with Gasteiger partial charge in [-0.2, -0.15) is 12.6 Å². The smallest absolute Gasteiger partial charge is 0.306 e. The largest absolute Gasteiger partial charge is 0.460 e. The molecule has 0 radical (unpaired) electrons. The van der Waals surface area contributed by atoms with Crippen LogP contribution in [0.15, 0.2) is 0 Å². The van der Waals surface area contributed by atoms with Crippen LogP contribution < -0.4 is 10.6 Å². The predicted octanol–water partition coefficient (Wildman–Crippen LogP) is 8.16. The molecular formula is C39H77BN2O6S. The van der Waals surface area contributed by atoms with Gasteiger partial charge in [0.1, 0.15) is 13.4 Å². The van der Waals surface area contributed by atoms with Gasteiger partial charge < -0.3 is 24.8 Å². The van der Waals surface area contributed by atoms with Gasteiger partial charge in [-0.1, -0.05) is 105 Å². The van der Waals surface area contributed by atoms with Crippen LogP contribution in [-0.2, 0) is 28.6 Å². The second-order valence-electron chi connectivity index (χ2n) is 17.9. The summed E-state index contributed by atoms with van der Waals surface area (Å²) in [5.74, 6) is -0.281. The third-order valence-electron chi connectivity index (χ3n) is 8.33. The molecule has 0 aromatic rings. The molecule has 0 rings (SSSR count). The molecule has 0 aliphatic rings. The molecule has 0 aromatic carbocycles. The van der Waals surface area contributed by atoms with E-state index in [1.807, 2.05) is 70.2 Å². The first-order valence-electron chi connectivity index (χ1n) is 19.3. The van der Waals surface area contributed by atoms with E-state index in [1.165, 1.54) is 70.6 Å². The van der Waals surface area contributed by atoms with Crippen molar-refractivity contribution in [2.24, 2.45) is 5.41 Å². The minimum absolute atomic E-state index is 0.0557. The minimum Gasteiger partial charge on any atom is -0.460 e. The van der Waals surface area contributed by atoms with E-state index in [9.17, 15) is 14.4 Å². The van der Waals surface area contributed by atoms with Crippen molar-refractivity contribution in [3.8, 4) is 0 Å². The molecule has 8 nitrogen and oxygen atoms in total. The summed E-state index contributed by atoms with van der Waals surface area (Å²) in [4.78, 5) is 37.5. The molecule has 0 aliphatic carbocycles. The van der Waals surface area contributed by atoms with Crippen LogP contribution in [0.4, 0.5) is 0 Å². The molecule has 49 heavy (non-hydrogen) atoms. The zero-order valence-corrected chi connectivity index (χ0v) is 34.6. The highest BCUT2D eigenvalue weighted by Gasteiger charge is 2.30. The van der Waals surface area contributed by atoms with Crippen molar-refractivity contribution in [1.29, 1.82) is 0 Å². The van der Waals surface area contributed by atoms with E-state index in [-0.39, 0.29) is 41.4 Å². The van der Waals surface area contributed by atoms with Crippen LogP contribution in [-0.4, -0.2) is 74.5 Å². The van der Waals surface area contributed by atoms with Gasteiger partial charge in [0.25, 0.3) is 0 Å². The molecule has 2 atom stereocenters. The molecule has 0 aliphatic heterocycles. The zero-order valence-electron chi connectivity index (χ0n) is 33.7. The maximum atomic E-state index is 12.8. The van der Waals surface area contributed by atoms with Gasteiger partial charge in [0.15, 0.2) is 0 Å². The van der Waals surface area contributed by atoms with E-state index >= 15 is 0 Å². The standard InChI is InChI=1S/C39H77BN2O6S/c1-11-12-13-14-15-16-17-18-19-20-21-22-23-24-32(43)42-28-39(10,49)31-47-37(7,8)25-33(44)41-27-38(9,40)30-46-29-36(5,6)26-34(45)48-35(2,3)4/h49H,11-31,40H2,1-10H3,(H,41,44)(H,42,43). The Hall–Kier alpha value is -1.26. The van der Waals surface area contributed by atoms with Crippen LogP contribution in [0, 0.1) is 5.41 Å². The molecule has 2 N–H and O–H groups in total. The maximum absolute atomic E-state index is 12.8. The summed E-state index contributed by atoms with van der Waals surface area (Å²) >= 11 is 4.75. The van der Waals surface area contributed by atoms with E-state index in [0.717, 1.165) is 12.8 Å². The van der Waals surface area contributed by atoms with E-state index in [0.29, 0.717) is 39.3 Å². The number of unbranched alkanes of at least 4 members (excludes halogenated alkanes) is 12. The lowest BCUT2D eigenvalue weighted by Crippen LogP contribution is -2.44. The lowest BCUT2D eigenvalue weighted by atomic mass is 9.71. The zero-order chi connectivity index (χ0) is 37.6. The number of hydrogen-bond donors (Lipinski definition) is 3. The van der Waals surface area contributed by atoms with Gasteiger partial charge in [-0.3, -0.25) is 14.4 Å². The van der Waals surface area contributed by atoms with Crippen molar-refractivity contribution in [2.75, 3.05) is 32.9 Å². The third-order valence-corrected chi connectivity index (χ3v) is 8.61. The molecule has 10 heteroatoms. The number of rotatable bonds is 29. The summed E-state index contributed by atoms with van der Waals surface area (Å²) in [6, 6.07) is 0. The molecule has 0 aromatic heterocycles. The number of hydrogen-bond acceptors (Lipinski definition) is 7. The van der Waals surface area contributed by atoms with Crippen LogP contribution in [0.1, 0.15) is 172 Å². The molecule has 2 amide bonds. The number of thiol groups is 1. The summed E-state index contributed by atoms with van der Waals surface area (Å²) in [6.07, 6.45) is 17.7. The first kappa shape index (κ1) is 47.7. The summed E-state index contributed by atoms with van der Waals surface area (Å²) in [5.41, 5.74) is -1.57. The van der Waals surface area contributed by atoms with Gasteiger partial charge in [0.2, 0.25) is 11.8 Å². The second kappa shape index (κ2) is 24.1. The SMILES string of the molecule is BC(C)(CNC(=O)CC(C)(C)OCC(C)(S)CNC(=O)CCCCCCCCCCCCCCC)COCC(C)(C)CC(=O)OC(C)(C)C.